The number of fused-ring (bicyclic) bond motifs is 5. The highest BCUT2D eigenvalue weighted by molar-refractivity contribution is 7.22. The normalized spacial score (nSPS) is 26.1. The van der Waals surface area contributed by atoms with Crippen molar-refractivity contribution in [3.63, 3.8) is 0 Å². The molecule has 1 N–H and O–H groups in total. The van der Waals surface area contributed by atoms with Crippen LogP contribution in [0.4, 0.5) is 5.82 Å². The van der Waals surface area contributed by atoms with E-state index in [1.54, 1.807) is 42.1 Å². The van der Waals surface area contributed by atoms with Gasteiger partial charge in [-0.1, -0.05) is 29.3 Å². The molecule has 2 aromatic carbocycles. The highest BCUT2D eigenvalue weighted by Crippen LogP contribution is 2.65. The first kappa shape index (κ1) is 35.7. The van der Waals surface area contributed by atoms with Crippen molar-refractivity contribution in [3.05, 3.63) is 86.6 Å². The second-order valence-corrected chi connectivity index (χ2v) is 17.5. The van der Waals surface area contributed by atoms with Crippen molar-refractivity contribution >= 4 is 73.8 Å². The first-order valence-electron chi connectivity index (χ1n) is 18.0. The number of halogens is 1. The smallest absolute Gasteiger partial charge is 0.242 e. The van der Waals surface area contributed by atoms with E-state index in [1.165, 1.54) is 41.4 Å². The van der Waals surface area contributed by atoms with Gasteiger partial charge in [0.1, 0.15) is 28.8 Å². The number of rotatable bonds is 7. The van der Waals surface area contributed by atoms with Gasteiger partial charge in [0.25, 0.3) is 0 Å². The number of aromatic nitrogens is 2. The highest BCUT2D eigenvalue weighted by atomic mass is 35.5. The second kappa shape index (κ2) is 12.8. The van der Waals surface area contributed by atoms with Crippen LogP contribution in [-0.4, -0.2) is 57.6 Å². The minimum atomic E-state index is -1.41. The number of likely N-dealkylation sites (tertiary alicyclic amines) is 1. The minimum Gasteiger partial charge on any atom is -0.507 e. The van der Waals surface area contributed by atoms with Crippen LogP contribution in [0.25, 0.3) is 20.7 Å². The predicted molar refractivity (Wildman–Crippen MR) is 209 cm³/mol. The van der Waals surface area contributed by atoms with Gasteiger partial charge in [0.2, 0.25) is 23.6 Å². The zero-order valence-electron chi connectivity index (χ0n) is 30.7. The maximum Gasteiger partial charge on any atom is 0.242 e. The maximum absolute atomic E-state index is 15.2. The number of anilines is 1. The Morgan fingerprint density at radius 1 is 1.02 bits per heavy atom. The summed E-state index contributed by atoms with van der Waals surface area (Å²) in [7, 11) is 4.65. The van der Waals surface area contributed by atoms with Crippen molar-refractivity contribution < 1.29 is 33.8 Å². The molecular formula is C41H37ClN4O7S2. The molecule has 14 heteroatoms. The van der Waals surface area contributed by atoms with Crippen LogP contribution in [0.1, 0.15) is 41.7 Å². The molecule has 6 atom stereocenters. The molecule has 5 heterocycles. The van der Waals surface area contributed by atoms with Crippen LogP contribution in [0.3, 0.4) is 0 Å². The number of ether oxygens (including phenoxy) is 2. The van der Waals surface area contributed by atoms with Gasteiger partial charge in [0.15, 0.2) is 0 Å². The van der Waals surface area contributed by atoms with Gasteiger partial charge < -0.3 is 14.6 Å². The topological polar surface area (TPSA) is 131 Å². The molecule has 0 unspecified atom stereocenters. The Bertz CT molecular complexity index is 2510. The van der Waals surface area contributed by atoms with E-state index >= 15 is 4.79 Å². The number of methoxy groups -OCH3 is 2. The average Bonchev–Trinajstić information content (AvgIpc) is 3.98. The molecule has 4 amide bonds. The molecular weight excluding hydrogens is 760 g/mol. The van der Waals surface area contributed by atoms with E-state index in [0.29, 0.717) is 27.8 Å². The number of nitrogens with zero attached hydrogens (tertiary/aromatic N) is 4. The Balaban J connectivity index is 1.17. The van der Waals surface area contributed by atoms with Gasteiger partial charge in [0, 0.05) is 51.3 Å². The number of hydrogen-bond acceptors (Lipinski definition) is 10. The van der Waals surface area contributed by atoms with E-state index in [4.69, 9.17) is 26.2 Å². The number of imide groups is 2. The highest BCUT2D eigenvalue weighted by Gasteiger charge is 2.68. The van der Waals surface area contributed by atoms with Crippen LogP contribution in [-0.2, 0) is 32.8 Å². The Labute approximate surface area is 329 Å². The molecule has 282 valence electrons. The number of thiophene rings is 2. The van der Waals surface area contributed by atoms with Gasteiger partial charge in [-0.15, -0.1) is 22.7 Å². The van der Waals surface area contributed by atoms with Gasteiger partial charge in [0.05, 0.1) is 48.8 Å². The van der Waals surface area contributed by atoms with Crippen LogP contribution in [0, 0.1) is 36.0 Å². The van der Waals surface area contributed by atoms with E-state index in [1.807, 2.05) is 48.7 Å². The zero-order valence-corrected chi connectivity index (χ0v) is 33.1. The summed E-state index contributed by atoms with van der Waals surface area (Å²) in [5.41, 5.74) is 1.25. The first-order chi connectivity index (χ1) is 26.4. The molecule has 3 aromatic heterocycles. The molecule has 5 aromatic rings. The van der Waals surface area contributed by atoms with E-state index in [2.05, 4.69) is 0 Å². The maximum atomic E-state index is 15.2. The van der Waals surface area contributed by atoms with Gasteiger partial charge in [-0.2, -0.15) is 5.10 Å². The van der Waals surface area contributed by atoms with Gasteiger partial charge in [-0.25, -0.2) is 4.90 Å². The summed E-state index contributed by atoms with van der Waals surface area (Å²) in [4.78, 5) is 62.8. The summed E-state index contributed by atoms with van der Waals surface area (Å²) in [5, 5.41) is 20.1. The number of carbonyl (C=O) groups is 4. The monoisotopic (exact) mass is 796 g/mol. The number of phenols is 1. The molecule has 4 aliphatic rings. The van der Waals surface area contributed by atoms with Crippen molar-refractivity contribution in [2.45, 2.75) is 39.2 Å². The van der Waals surface area contributed by atoms with E-state index in [9.17, 15) is 19.5 Å². The standard InChI is InChI=1S/C41H37ClN4O7S2/c1-19-25-13-20(42)8-11-31(25)55-36(19)28-17-32(44(3)43-28)46-38(49)27-16-26-23(9-10-24-33(26)39(50)45(37(24)48)18-22-7-6-12-54-22)35(41(27,2)40(46)51)34-29(47)14-21(52-4)15-30(34)53-5/h6-9,11-15,17,24,26-27,33,35,47H,10,16,18H2,1-5H3/t24-,26+,27-,33-,35+,41+/m0/s1. The Morgan fingerprint density at radius 3 is 2.55 bits per heavy atom. The summed E-state index contributed by atoms with van der Waals surface area (Å²) in [5.74, 6) is -4.27. The number of phenolic OH excluding ortho intramolecular Hbond substituents is 1. The van der Waals surface area contributed by atoms with Crippen LogP contribution in [0.15, 0.2) is 65.6 Å². The van der Waals surface area contributed by atoms with Crippen LogP contribution < -0.4 is 14.4 Å². The third kappa shape index (κ3) is 5.08. The summed E-state index contributed by atoms with van der Waals surface area (Å²) < 4.78 is 13.9. The molecule has 3 fully saturated rings. The zero-order chi connectivity index (χ0) is 38.7. The van der Waals surface area contributed by atoms with Crippen LogP contribution >= 0.6 is 34.3 Å². The van der Waals surface area contributed by atoms with E-state index in [0.717, 1.165) is 31.0 Å². The Morgan fingerprint density at radius 2 is 1.82 bits per heavy atom. The molecule has 0 spiro atoms. The lowest BCUT2D eigenvalue weighted by atomic mass is 9.51. The lowest BCUT2D eigenvalue weighted by Crippen LogP contribution is -2.49. The Hall–Kier alpha value is -4.98. The first-order valence-corrected chi connectivity index (χ1v) is 20.1. The largest absolute Gasteiger partial charge is 0.507 e. The lowest BCUT2D eigenvalue weighted by molar-refractivity contribution is -0.141. The van der Waals surface area contributed by atoms with Crippen molar-refractivity contribution in [3.8, 4) is 27.8 Å². The number of aromatic hydroxyl groups is 1. The molecule has 0 radical (unpaired) electrons. The average molecular weight is 797 g/mol. The lowest BCUT2D eigenvalue weighted by Gasteiger charge is -2.49. The van der Waals surface area contributed by atoms with Gasteiger partial charge in [-0.3, -0.25) is 28.8 Å². The van der Waals surface area contributed by atoms with Crippen molar-refractivity contribution in [2.75, 3.05) is 19.1 Å². The third-order valence-electron chi connectivity index (χ3n) is 12.3. The summed E-state index contributed by atoms with van der Waals surface area (Å²) >= 11 is 9.36. The molecule has 2 saturated heterocycles. The molecule has 2 aliphatic carbocycles. The third-order valence-corrected chi connectivity index (χ3v) is 14.7. The fourth-order valence-electron chi connectivity index (χ4n) is 9.70. The second-order valence-electron chi connectivity index (χ2n) is 15.0. The number of hydrogen-bond donors (Lipinski definition) is 1. The summed E-state index contributed by atoms with van der Waals surface area (Å²) in [6.07, 6.45) is 2.42. The summed E-state index contributed by atoms with van der Waals surface area (Å²) in [6, 6.07) is 14.4. The molecule has 2 aliphatic heterocycles. The summed E-state index contributed by atoms with van der Waals surface area (Å²) in [6.45, 7) is 3.96. The molecule has 1 saturated carbocycles. The van der Waals surface area contributed by atoms with E-state index in [-0.39, 0.29) is 42.7 Å². The van der Waals surface area contributed by atoms with E-state index < -0.39 is 46.8 Å². The van der Waals surface area contributed by atoms with Gasteiger partial charge >= 0.3 is 0 Å². The number of amides is 4. The minimum absolute atomic E-state index is 0.167. The fourth-order valence-corrected chi connectivity index (χ4v) is 11.7. The SMILES string of the molecule is COc1cc(O)c([C@H]2C3=CC[C@@H]4C(=O)N(Cc5cccs5)C(=O)[C@@H]4[C@@H]3C[C@H]3C(=O)N(c4cc(-c5sc6ccc(Cl)cc6c5C)nn4C)C(=O)[C@@]23C)c(OC)c1. The number of aryl methyl sites for hydroxylation is 2. The fraction of sp³-hybridized carbons (Fsp3) is 0.341. The number of carbonyl (C=O) groups excluding carboxylic acids is 4. The molecule has 9 rings (SSSR count). The van der Waals surface area contributed by atoms with Crippen LogP contribution in [0.5, 0.6) is 17.2 Å². The molecule has 11 nitrogen and oxygen atoms in total. The quantitative estimate of drug-likeness (QED) is 0.133. The number of allylic oxidation sites excluding steroid dienone is 2. The Kier molecular flexibility index (Phi) is 8.30. The van der Waals surface area contributed by atoms with Crippen LogP contribution in [0.2, 0.25) is 5.02 Å². The van der Waals surface area contributed by atoms with Gasteiger partial charge in [-0.05, 0) is 73.2 Å². The number of benzene rings is 2. The predicted octanol–water partition coefficient (Wildman–Crippen LogP) is 7.48. The van der Waals surface area contributed by atoms with Crippen molar-refractivity contribution in [1.82, 2.24) is 14.7 Å². The molecule has 0 bridgehead atoms. The molecule has 55 heavy (non-hydrogen) atoms. The van der Waals surface area contributed by atoms with Crippen molar-refractivity contribution in [2.24, 2.45) is 36.1 Å². The van der Waals surface area contributed by atoms with Crippen molar-refractivity contribution in [1.29, 1.82) is 0 Å².